The molecular formula is C5H15NO4S. The van der Waals surface area contributed by atoms with Crippen LogP contribution in [0.3, 0.4) is 0 Å². The van der Waals surface area contributed by atoms with Crippen LogP contribution < -0.4 is 5.32 Å². The van der Waals surface area contributed by atoms with E-state index in [4.69, 9.17) is 0 Å². The maximum absolute atomic E-state index is 9.45. The highest BCUT2D eigenvalue weighted by molar-refractivity contribution is 7.80. The molecule has 0 atom stereocenters. The molecule has 0 aliphatic rings. The third-order valence-electron chi connectivity index (χ3n) is 0.670. The van der Waals surface area contributed by atoms with Crippen LogP contribution in [0.5, 0.6) is 0 Å². The summed E-state index contributed by atoms with van der Waals surface area (Å²) in [6, 6.07) is 0. The molecule has 0 aromatic heterocycles. The summed E-state index contributed by atoms with van der Waals surface area (Å²) in [6.45, 7) is 4.65. The van der Waals surface area contributed by atoms with Crippen molar-refractivity contribution in [2.45, 2.75) is 13.8 Å². The van der Waals surface area contributed by atoms with Gasteiger partial charge in [-0.15, -0.1) is 0 Å². The third-order valence-corrected chi connectivity index (χ3v) is 1.19. The van der Waals surface area contributed by atoms with Gasteiger partial charge in [0.2, 0.25) is 10.4 Å². The van der Waals surface area contributed by atoms with Gasteiger partial charge in [0.05, 0.1) is 20.2 Å². The largest absolute Gasteiger partial charge is 0.726 e. The zero-order chi connectivity index (χ0) is 9.33. The molecular weight excluding hydrogens is 170 g/mol. The molecule has 0 saturated carbocycles. The number of nitrogens with two attached hydrogens (primary N) is 1. The van der Waals surface area contributed by atoms with Crippen LogP contribution in [0.25, 0.3) is 0 Å². The van der Waals surface area contributed by atoms with Gasteiger partial charge in [-0.3, -0.25) is 4.18 Å². The average Bonchev–Trinajstić information content (AvgIpc) is 1.86. The number of hydrogen-bond acceptors (Lipinski definition) is 4. The molecule has 0 unspecified atom stereocenters. The topological polar surface area (TPSA) is 83.0 Å². The molecule has 0 aromatic rings. The maximum Gasteiger partial charge on any atom is 0.217 e. The quantitative estimate of drug-likeness (QED) is 0.437. The summed E-state index contributed by atoms with van der Waals surface area (Å²) < 4.78 is 32.0. The van der Waals surface area contributed by atoms with Crippen molar-refractivity contribution >= 4 is 10.4 Å². The standard InChI is InChI=1S/C3H9N.C2H6O4S/c1-3-4-2;1-2-6-7(3,4)5/h4H,3H2,1-2H3;2H2,1H3,(H,3,4,5). The summed E-state index contributed by atoms with van der Waals surface area (Å²) in [5.74, 6) is 0. The minimum absolute atomic E-state index is 0.0914. The number of quaternary nitrogens is 1. The summed E-state index contributed by atoms with van der Waals surface area (Å²) in [5, 5.41) is 2.12. The Morgan fingerprint density at radius 1 is 1.45 bits per heavy atom. The van der Waals surface area contributed by atoms with Gasteiger partial charge in [-0.05, 0) is 13.8 Å². The van der Waals surface area contributed by atoms with Crippen molar-refractivity contribution in [3.05, 3.63) is 0 Å². The van der Waals surface area contributed by atoms with Crippen LogP contribution in [-0.2, 0) is 14.6 Å². The van der Waals surface area contributed by atoms with Gasteiger partial charge in [-0.25, -0.2) is 8.42 Å². The van der Waals surface area contributed by atoms with E-state index in [-0.39, 0.29) is 6.61 Å². The molecule has 0 saturated heterocycles. The van der Waals surface area contributed by atoms with Crippen LogP contribution in [0.1, 0.15) is 13.8 Å². The zero-order valence-corrected chi connectivity index (χ0v) is 7.85. The van der Waals surface area contributed by atoms with Crippen molar-refractivity contribution in [1.82, 2.24) is 0 Å². The first-order valence-electron chi connectivity index (χ1n) is 3.36. The Morgan fingerprint density at radius 3 is 1.82 bits per heavy atom. The molecule has 5 nitrogen and oxygen atoms in total. The minimum Gasteiger partial charge on any atom is -0.726 e. The maximum atomic E-state index is 9.45. The predicted octanol–water partition coefficient (Wildman–Crippen LogP) is -1.32. The molecule has 0 amide bonds. The van der Waals surface area contributed by atoms with Gasteiger partial charge < -0.3 is 9.87 Å². The lowest BCUT2D eigenvalue weighted by molar-refractivity contribution is -0.623. The Morgan fingerprint density at radius 2 is 1.82 bits per heavy atom. The van der Waals surface area contributed by atoms with E-state index >= 15 is 0 Å². The Hall–Kier alpha value is -0.170. The van der Waals surface area contributed by atoms with Crippen LogP contribution in [0, 0.1) is 0 Å². The van der Waals surface area contributed by atoms with E-state index in [1.54, 1.807) is 0 Å². The van der Waals surface area contributed by atoms with E-state index in [0.717, 1.165) is 0 Å². The lowest BCUT2D eigenvalue weighted by Gasteiger charge is -2.02. The van der Waals surface area contributed by atoms with Crippen molar-refractivity contribution in [1.29, 1.82) is 0 Å². The predicted molar refractivity (Wildman–Crippen MR) is 39.7 cm³/mol. The van der Waals surface area contributed by atoms with E-state index in [9.17, 15) is 13.0 Å². The number of hydrogen-bond donors (Lipinski definition) is 1. The Balaban J connectivity index is 0. The van der Waals surface area contributed by atoms with Gasteiger partial charge in [0.25, 0.3) is 0 Å². The average molecular weight is 185 g/mol. The molecule has 0 aliphatic carbocycles. The highest BCUT2D eigenvalue weighted by Crippen LogP contribution is 1.80. The summed E-state index contributed by atoms with van der Waals surface area (Å²) in [6.07, 6.45) is 0. The SMILES string of the molecule is CCOS(=O)(=O)[O-].CC[NH2+]C. The van der Waals surface area contributed by atoms with Gasteiger partial charge in [0.1, 0.15) is 0 Å². The Bertz CT molecular complexity index is 152. The van der Waals surface area contributed by atoms with Crippen molar-refractivity contribution in [2.75, 3.05) is 20.2 Å². The molecule has 0 rings (SSSR count). The molecule has 70 valence electrons. The summed E-state index contributed by atoms with van der Waals surface area (Å²) in [5.41, 5.74) is 0. The minimum atomic E-state index is -4.42. The fraction of sp³-hybridized carbons (Fsp3) is 1.00. The fourth-order valence-electron chi connectivity index (χ4n) is 0.144. The smallest absolute Gasteiger partial charge is 0.217 e. The van der Waals surface area contributed by atoms with Crippen LogP contribution >= 0.6 is 0 Å². The van der Waals surface area contributed by atoms with E-state index in [2.05, 4.69) is 23.5 Å². The molecule has 0 radical (unpaired) electrons. The van der Waals surface area contributed by atoms with Crippen LogP contribution in [0.4, 0.5) is 0 Å². The first kappa shape index (κ1) is 13.4. The first-order chi connectivity index (χ1) is 4.97. The molecule has 2 N–H and O–H groups in total. The van der Waals surface area contributed by atoms with Gasteiger partial charge in [-0.1, -0.05) is 0 Å². The normalized spacial score (nSPS) is 10.2. The van der Waals surface area contributed by atoms with Crippen molar-refractivity contribution in [2.24, 2.45) is 0 Å². The van der Waals surface area contributed by atoms with Gasteiger partial charge in [0.15, 0.2) is 0 Å². The van der Waals surface area contributed by atoms with Gasteiger partial charge in [0, 0.05) is 0 Å². The van der Waals surface area contributed by atoms with Crippen molar-refractivity contribution in [3.8, 4) is 0 Å². The third kappa shape index (κ3) is 25.8. The first-order valence-corrected chi connectivity index (χ1v) is 4.69. The Labute approximate surface area is 67.7 Å². The highest BCUT2D eigenvalue weighted by Gasteiger charge is 1.85. The number of rotatable bonds is 3. The lowest BCUT2D eigenvalue weighted by atomic mass is 10.8. The molecule has 0 heterocycles. The zero-order valence-electron chi connectivity index (χ0n) is 7.03. The lowest BCUT2D eigenvalue weighted by Crippen LogP contribution is -2.78. The summed E-state index contributed by atoms with van der Waals surface area (Å²) >= 11 is 0. The summed E-state index contributed by atoms with van der Waals surface area (Å²) in [4.78, 5) is 0. The van der Waals surface area contributed by atoms with E-state index in [1.165, 1.54) is 13.5 Å². The van der Waals surface area contributed by atoms with Gasteiger partial charge >= 0.3 is 0 Å². The van der Waals surface area contributed by atoms with E-state index in [1.807, 2.05) is 0 Å². The van der Waals surface area contributed by atoms with Crippen molar-refractivity contribution < 1.29 is 22.5 Å². The monoisotopic (exact) mass is 185 g/mol. The molecule has 0 fully saturated rings. The summed E-state index contributed by atoms with van der Waals surface area (Å²) in [7, 11) is -2.37. The van der Waals surface area contributed by atoms with Crippen LogP contribution in [-0.4, -0.2) is 33.2 Å². The second kappa shape index (κ2) is 7.93. The highest BCUT2D eigenvalue weighted by atomic mass is 32.3. The van der Waals surface area contributed by atoms with Crippen LogP contribution in [0.15, 0.2) is 0 Å². The fourth-order valence-corrected chi connectivity index (χ4v) is 0.433. The van der Waals surface area contributed by atoms with Crippen LogP contribution in [0.2, 0.25) is 0 Å². The molecule has 0 spiro atoms. The van der Waals surface area contributed by atoms with Gasteiger partial charge in [-0.2, -0.15) is 0 Å². The Kier molecular flexibility index (Phi) is 9.68. The molecule has 0 bridgehead atoms. The second-order valence-corrected chi connectivity index (χ2v) is 2.68. The second-order valence-electron chi connectivity index (χ2n) is 1.63. The van der Waals surface area contributed by atoms with Crippen molar-refractivity contribution in [3.63, 3.8) is 0 Å². The molecule has 0 aliphatic heterocycles. The van der Waals surface area contributed by atoms with E-state index in [0.29, 0.717) is 0 Å². The molecule has 0 aromatic carbocycles. The van der Waals surface area contributed by atoms with E-state index < -0.39 is 10.4 Å². The molecule has 11 heavy (non-hydrogen) atoms. The molecule has 6 heteroatoms.